The lowest BCUT2D eigenvalue weighted by atomic mass is 10.0. The molecule has 2 heteroatoms. The lowest BCUT2D eigenvalue weighted by molar-refractivity contribution is 0.319. The highest BCUT2D eigenvalue weighted by Gasteiger charge is 2.06. The smallest absolute Gasteiger partial charge is 0.117 e. The van der Waals surface area contributed by atoms with Crippen molar-refractivity contribution < 1.29 is 5.21 Å². The van der Waals surface area contributed by atoms with Gasteiger partial charge in [-0.1, -0.05) is 66.7 Å². The molecule has 0 radical (unpaired) electrons. The molecular weight excluding hydrogens is 210 g/mol. The van der Waals surface area contributed by atoms with E-state index in [2.05, 4.69) is 24.2 Å². The Hall–Kier alpha value is -2.09. The van der Waals surface area contributed by atoms with Crippen LogP contribution in [0, 0.1) is 0 Å². The van der Waals surface area contributed by atoms with Crippen LogP contribution < -0.4 is 0 Å². The first-order valence-corrected chi connectivity index (χ1v) is 5.72. The molecule has 0 spiro atoms. The highest BCUT2D eigenvalue weighted by atomic mass is 16.4. The predicted molar refractivity (Wildman–Crippen MR) is 69.7 cm³/mol. The van der Waals surface area contributed by atoms with Crippen LogP contribution in [0.4, 0.5) is 0 Å². The van der Waals surface area contributed by atoms with Gasteiger partial charge in [0.2, 0.25) is 0 Å². The van der Waals surface area contributed by atoms with E-state index in [4.69, 9.17) is 5.21 Å². The second kappa shape index (κ2) is 5.30. The minimum absolute atomic E-state index is 0.605. The fourth-order valence-corrected chi connectivity index (χ4v) is 1.78. The van der Waals surface area contributed by atoms with Gasteiger partial charge in [-0.05, 0) is 12.0 Å². The molecule has 2 aromatic rings. The fraction of sp³-hybridized carbons (Fsp3) is 0.133. The van der Waals surface area contributed by atoms with Crippen molar-refractivity contribution in [1.82, 2.24) is 0 Å². The van der Waals surface area contributed by atoms with E-state index in [9.17, 15) is 0 Å². The third kappa shape index (κ3) is 2.53. The highest BCUT2D eigenvalue weighted by Crippen LogP contribution is 2.12. The van der Waals surface area contributed by atoms with Gasteiger partial charge in [0.25, 0.3) is 0 Å². The minimum Gasteiger partial charge on any atom is -0.410 e. The van der Waals surface area contributed by atoms with Crippen molar-refractivity contribution in [3.05, 3.63) is 71.3 Å². The van der Waals surface area contributed by atoms with E-state index in [1.54, 1.807) is 0 Å². The molecule has 0 atom stereocenters. The third-order valence-electron chi connectivity index (χ3n) is 2.78. The molecule has 0 aliphatic rings. The fourth-order valence-electron chi connectivity index (χ4n) is 1.78. The average molecular weight is 225 g/mol. The van der Waals surface area contributed by atoms with Gasteiger partial charge in [-0.2, -0.15) is 0 Å². The van der Waals surface area contributed by atoms with Crippen molar-refractivity contribution in [3.8, 4) is 0 Å². The van der Waals surface area contributed by atoms with E-state index >= 15 is 0 Å². The first-order chi connectivity index (χ1) is 8.35. The van der Waals surface area contributed by atoms with Gasteiger partial charge in [0, 0.05) is 11.1 Å². The van der Waals surface area contributed by atoms with Crippen molar-refractivity contribution in [2.45, 2.75) is 13.3 Å². The number of nitrogens with zero attached hydrogens (tertiary/aromatic N) is 1. The minimum atomic E-state index is 0.605. The number of oxime groups is 1. The Kier molecular flexibility index (Phi) is 3.55. The van der Waals surface area contributed by atoms with E-state index in [0.717, 1.165) is 17.5 Å². The summed E-state index contributed by atoms with van der Waals surface area (Å²) in [7, 11) is 0. The van der Waals surface area contributed by atoms with Crippen molar-refractivity contribution >= 4 is 5.71 Å². The van der Waals surface area contributed by atoms with Gasteiger partial charge in [0.05, 0.1) is 0 Å². The molecule has 86 valence electrons. The molecule has 0 aromatic heterocycles. The van der Waals surface area contributed by atoms with Crippen molar-refractivity contribution in [2.75, 3.05) is 0 Å². The monoisotopic (exact) mass is 225 g/mol. The molecule has 1 N–H and O–H groups in total. The molecule has 0 amide bonds. The van der Waals surface area contributed by atoms with Gasteiger partial charge >= 0.3 is 0 Å². The molecule has 0 aliphatic heterocycles. The zero-order valence-corrected chi connectivity index (χ0v) is 9.80. The Morgan fingerprint density at radius 3 is 2.06 bits per heavy atom. The zero-order valence-electron chi connectivity index (χ0n) is 9.80. The van der Waals surface area contributed by atoms with E-state index in [1.165, 1.54) is 5.56 Å². The third-order valence-corrected chi connectivity index (χ3v) is 2.78. The molecule has 0 bridgehead atoms. The van der Waals surface area contributed by atoms with Crippen LogP contribution >= 0.6 is 0 Å². The van der Waals surface area contributed by atoms with Crippen LogP contribution in [-0.4, -0.2) is 10.9 Å². The lowest BCUT2D eigenvalue weighted by Crippen LogP contribution is -2.03. The van der Waals surface area contributed by atoms with Crippen LogP contribution in [0.1, 0.15) is 23.6 Å². The molecule has 2 nitrogen and oxygen atoms in total. The van der Waals surface area contributed by atoms with Crippen LogP contribution in [0.2, 0.25) is 0 Å². The molecular formula is C15H15NO. The summed E-state index contributed by atoms with van der Waals surface area (Å²) >= 11 is 0. The number of aryl methyl sites for hydroxylation is 1. The average Bonchev–Trinajstić information content (AvgIpc) is 2.42. The predicted octanol–water partition coefficient (Wildman–Crippen LogP) is 3.48. The van der Waals surface area contributed by atoms with Crippen LogP contribution in [0.3, 0.4) is 0 Å². The molecule has 0 aliphatic carbocycles. The van der Waals surface area contributed by atoms with Crippen LogP contribution in [0.25, 0.3) is 0 Å². The summed E-state index contributed by atoms with van der Waals surface area (Å²) < 4.78 is 0. The van der Waals surface area contributed by atoms with Gasteiger partial charge in [-0.25, -0.2) is 0 Å². The largest absolute Gasteiger partial charge is 0.410 e. The van der Waals surface area contributed by atoms with Gasteiger partial charge in [0.15, 0.2) is 0 Å². The van der Waals surface area contributed by atoms with Gasteiger partial charge in [-0.3, -0.25) is 0 Å². The van der Waals surface area contributed by atoms with Crippen LogP contribution in [0.15, 0.2) is 59.8 Å². The summed E-state index contributed by atoms with van der Waals surface area (Å²) in [5, 5.41) is 12.5. The lowest BCUT2D eigenvalue weighted by Gasteiger charge is -2.05. The van der Waals surface area contributed by atoms with E-state index in [-0.39, 0.29) is 0 Å². The molecule has 0 fully saturated rings. The van der Waals surface area contributed by atoms with Gasteiger partial charge < -0.3 is 5.21 Å². The first kappa shape index (κ1) is 11.4. The Bertz CT molecular complexity index is 500. The summed E-state index contributed by atoms with van der Waals surface area (Å²) in [5.41, 5.74) is 3.72. The maximum atomic E-state index is 9.15. The summed E-state index contributed by atoms with van der Waals surface area (Å²) in [6.45, 7) is 2.12. The Labute approximate surface area is 101 Å². The summed E-state index contributed by atoms with van der Waals surface area (Å²) in [6, 6.07) is 17.8. The van der Waals surface area contributed by atoms with E-state index < -0.39 is 0 Å². The normalized spacial score (nSPS) is 11.5. The highest BCUT2D eigenvalue weighted by molar-refractivity contribution is 6.12. The van der Waals surface area contributed by atoms with Gasteiger partial charge in [0.1, 0.15) is 5.71 Å². The van der Waals surface area contributed by atoms with Gasteiger partial charge in [-0.15, -0.1) is 0 Å². The Balaban J connectivity index is 2.37. The standard InChI is InChI=1S/C15H15NO/c1-2-12-8-10-14(11-9-12)15(16-17)13-6-4-3-5-7-13/h3-11,17H,2H2,1H3. The number of benzene rings is 2. The topological polar surface area (TPSA) is 32.6 Å². The second-order valence-electron chi connectivity index (χ2n) is 3.87. The number of hydrogen-bond donors (Lipinski definition) is 1. The summed E-state index contributed by atoms with van der Waals surface area (Å²) in [4.78, 5) is 0. The molecule has 0 saturated heterocycles. The Morgan fingerprint density at radius 2 is 1.53 bits per heavy atom. The molecule has 17 heavy (non-hydrogen) atoms. The molecule has 0 unspecified atom stereocenters. The second-order valence-corrected chi connectivity index (χ2v) is 3.87. The van der Waals surface area contributed by atoms with E-state index in [0.29, 0.717) is 5.71 Å². The molecule has 0 heterocycles. The molecule has 0 saturated carbocycles. The van der Waals surface area contributed by atoms with E-state index in [1.807, 2.05) is 42.5 Å². The van der Waals surface area contributed by atoms with Crippen molar-refractivity contribution in [3.63, 3.8) is 0 Å². The molecule has 2 rings (SSSR count). The SMILES string of the molecule is CCc1ccc(C(=NO)c2ccccc2)cc1. The molecule has 2 aromatic carbocycles. The van der Waals surface area contributed by atoms with Crippen molar-refractivity contribution in [1.29, 1.82) is 0 Å². The summed E-state index contributed by atoms with van der Waals surface area (Å²) in [6.07, 6.45) is 1.01. The maximum absolute atomic E-state index is 9.15. The number of hydrogen-bond acceptors (Lipinski definition) is 2. The zero-order chi connectivity index (χ0) is 12.1. The number of rotatable bonds is 3. The summed E-state index contributed by atoms with van der Waals surface area (Å²) in [5.74, 6) is 0. The van der Waals surface area contributed by atoms with Crippen LogP contribution in [-0.2, 0) is 6.42 Å². The van der Waals surface area contributed by atoms with Crippen molar-refractivity contribution in [2.24, 2.45) is 5.16 Å². The van der Waals surface area contributed by atoms with Crippen LogP contribution in [0.5, 0.6) is 0 Å². The Morgan fingerprint density at radius 1 is 0.941 bits per heavy atom. The first-order valence-electron chi connectivity index (χ1n) is 5.72. The quantitative estimate of drug-likeness (QED) is 0.484. The maximum Gasteiger partial charge on any atom is 0.117 e.